The van der Waals surface area contributed by atoms with Crippen LogP contribution in [0.1, 0.15) is 16.7 Å². The number of aromatic nitrogens is 3. The Morgan fingerprint density at radius 1 is 1.67 bits per heavy atom. The van der Waals surface area contributed by atoms with E-state index in [1.54, 1.807) is 4.68 Å². The van der Waals surface area contributed by atoms with Gasteiger partial charge in [0.1, 0.15) is 0 Å². The highest BCUT2D eigenvalue weighted by molar-refractivity contribution is 9.10. The van der Waals surface area contributed by atoms with Crippen LogP contribution in [0.3, 0.4) is 0 Å². The molecule has 0 aromatic carbocycles. The maximum Gasteiger partial charge on any atom is 0.0949 e. The van der Waals surface area contributed by atoms with Crippen molar-refractivity contribution in [3.05, 3.63) is 32.7 Å². The summed E-state index contributed by atoms with van der Waals surface area (Å²) < 4.78 is 2.58. The lowest BCUT2D eigenvalue weighted by molar-refractivity contribution is 0.180. The second kappa shape index (κ2) is 4.42. The molecule has 4 nitrogen and oxygen atoms in total. The first-order valence-electron chi connectivity index (χ1n) is 4.43. The average molecular weight is 288 g/mol. The van der Waals surface area contributed by atoms with Crippen LogP contribution in [-0.4, -0.2) is 20.1 Å². The molecule has 0 spiro atoms. The van der Waals surface area contributed by atoms with Gasteiger partial charge in [0.15, 0.2) is 0 Å². The number of nitrogens with zero attached hydrogens (tertiary/aromatic N) is 3. The second-order valence-corrected chi connectivity index (χ2v) is 5.04. The first kappa shape index (κ1) is 10.8. The Kier molecular flexibility index (Phi) is 3.18. The van der Waals surface area contributed by atoms with E-state index in [9.17, 15) is 5.11 Å². The Labute approximate surface area is 99.7 Å². The van der Waals surface area contributed by atoms with E-state index in [1.807, 2.05) is 24.7 Å². The van der Waals surface area contributed by atoms with Gasteiger partial charge in [0, 0.05) is 29.0 Å². The molecule has 1 atom stereocenters. The summed E-state index contributed by atoms with van der Waals surface area (Å²) in [5, 5.41) is 19.7. The van der Waals surface area contributed by atoms with Crippen LogP contribution in [0.25, 0.3) is 0 Å². The highest BCUT2D eigenvalue weighted by atomic mass is 79.9. The van der Waals surface area contributed by atoms with Gasteiger partial charge in [0.2, 0.25) is 0 Å². The number of aliphatic hydroxyl groups excluding tert-OH is 1. The molecule has 0 bridgehead atoms. The van der Waals surface area contributed by atoms with E-state index in [0.717, 1.165) is 15.0 Å². The maximum atomic E-state index is 9.96. The van der Waals surface area contributed by atoms with Gasteiger partial charge in [0.25, 0.3) is 0 Å². The fourth-order valence-electron chi connectivity index (χ4n) is 1.32. The zero-order valence-electron chi connectivity index (χ0n) is 8.09. The number of halogens is 1. The molecule has 0 saturated heterocycles. The first-order chi connectivity index (χ1) is 7.16. The molecule has 0 fully saturated rings. The first-order valence-corrected chi connectivity index (χ1v) is 6.10. The Morgan fingerprint density at radius 2 is 2.47 bits per heavy atom. The molecule has 1 unspecified atom stereocenters. The SMILES string of the molecule is Cn1cc(CC(O)c2sccc2Br)nn1. The van der Waals surface area contributed by atoms with Crippen LogP contribution in [0.2, 0.25) is 0 Å². The summed E-state index contributed by atoms with van der Waals surface area (Å²) in [4.78, 5) is 0.931. The van der Waals surface area contributed by atoms with Gasteiger partial charge in [-0.2, -0.15) is 0 Å². The average Bonchev–Trinajstić information content (AvgIpc) is 2.75. The maximum absolute atomic E-state index is 9.96. The third-order valence-corrected chi connectivity index (χ3v) is 3.97. The van der Waals surface area contributed by atoms with Crippen LogP contribution in [0, 0.1) is 0 Å². The van der Waals surface area contributed by atoms with E-state index in [0.29, 0.717) is 6.42 Å². The van der Waals surface area contributed by atoms with Gasteiger partial charge in [-0.3, -0.25) is 4.68 Å². The van der Waals surface area contributed by atoms with Crippen LogP contribution in [0.5, 0.6) is 0 Å². The van der Waals surface area contributed by atoms with Crippen molar-refractivity contribution in [2.45, 2.75) is 12.5 Å². The largest absolute Gasteiger partial charge is 0.387 e. The molecule has 0 aliphatic heterocycles. The molecule has 0 radical (unpaired) electrons. The monoisotopic (exact) mass is 287 g/mol. The van der Waals surface area contributed by atoms with E-state index >= 15 is 0 Å². The minimum atomic E-state index is -0.518. The predicted octanol–water partition coefficient (Wildman–Crippen LogP) is 1.92. The van der Waals surface area contributed by atoms with Crippen molar-refractivity contribution in [3.8, 4) is 0 Å². The zero-order valence-corrected chi connectivity index (χ0v) is 10.5. The minimum Gasteiger partial charge on any atom is -0.387 e. The fraction of sp³-hybridized carbons (Fsp3) is 0.333. The lowest BCUT2D eigenvalue weighted by atomic mass is 10.2. The van der Waals surface area contributed by atoms with Crippen molar-refractivity contribution in [1.29, 1.82) is 0 Å². The van der Waals surface area contributed by atoms with Gasteiger partial charge < -0.3 is 5.11 Å². The molecule has 2 heterocycles. The lowest BCUT2D eigenvalue weighted by Gasteiger charge is -2.06. The lowest BCUT2D eigenvalue weighted by Crippen LogP contribution is -2.00. The smallest absolute Gasteiger partial charge is 0.0949 e. The van der Waals surface area contributed by atoms with Crippen molar-refractivity contribution in [3.63, 3.8) is 0 Å². The van der Waals surface area contributed by atoms with E-state index in [-0.39, 0.29) is 0 Å². The third kappa shape index (κ3) is 2.45. The van der Waals surface area contributed by atoms with Crippen molar-refractivity contribution in [2.24, 2.45) is 7.05 Å². The van der Waals surface area contributed by atoms with E-state index in [4.69, 9.17) is 0 Å². The fourth-order valence-corrected chi connectivity index (χ4v) is 2.95. The second-order valence-electron chi connectivity index (χ2n) is 3.24. The zero-order chi connectivity index (χ0) is 10.8. The molecule has 0 saturated carbocycles. The molecule has 2 rings (SSSR count). The van der Waals surface area contributed by atoms with Gasteiger partial charge in [-0.1, -0.05) is 5.21 Å². The van der Waals surface area contributed by atoms with Crippen molar-refractivity contribution in [2.75, 3.05) is 0 Å². The topological polar surface area (TPSA) is 50.9 Å². The summed E-state index contributed by atoms with van der Waals surface area (Å²) in [6, 6.07) is 1.93. The summed E-state index contributed by atoms with van der Waals surface area (Å²) in [6.45, 7) is 0. The Morgan fingerprint density at radius 3 is 3.00 bits per heavy atom. The van der Waals surface area contributed by atoms with E-state index in [2.05, 4.69) is 26.2 Å². The molecule has 6 heteroatoms. The predicted molar refractivity (Wildman–Crippen MR) is 61.7 cm³/mol. The molecule has 0 aliphatic carbocycles. The van der Waals surface area contributed by atoms with Gasteiger partial charge in [-0.05, 0) is 27.4 Å². The quantitative estimate of drug-likeness (QED) is 0.938. The Hall–Kier alpha value is -0.720. The molecule has 0 amide bonds. The minimum absolute atomic E-state index is 0.493. The summed E-state index contributed by atoms with van der Waals surface area (Å²) in [5.74, 6) is 0. The van der Waals surface area contributed by atoms with E-state index in [1.165, 1.54) is 11.3 Å². The molecule has 15 heavy (non-hydrogen) atoms. The van der Waals surface area contributed by atoms with Gasteiger partial charge in [-0.25, -0.2) is 0 Å². The van der Waals surface area contributed by atoms with Gasteiger partial charge in [-0.15, -0.1) is 16.4 Å². The van der Waals surface area contributed by atoms with Crippen molar-refractivity contribution >= 4 is 27.3 Å². The van der Waals surface area contributed by atoms with Crippen LogP contribution in [-0.2, 0) is 13.5 Å². The highest BCUT2D eigenvalue weighted by Crippen LogP contribution is 2.30. The number of aliphatic hydroxyl groups is 1. The van der Waals surface area contributed by atoms with Gasteiger partial charge >= 0.3 is 0 Å². The molecular weight excluding hydrogens is 278 g/mol. The number of hydrogen-bond donors (Lipinski definition) is 1. The standard InChI is InChI=1S/C9H10BrN3OS/c1-13-5-6(11-12-13)4-8(14)9-7(10)2-3-15-9/h2-3,5,8,14H,4H2,1H3. The Balaban J connectivity index is 2.10. The summed E-state index contributed by atoms with van der Waals surface area (Å²) in [6.07, 6.45) is 1.79. The Bertz CT molecular complexity index is 454. The molecular formula is C9H10BrN3OS. The van der Waals surface area contributed by atoms with Gasteiger partial charge in [0.05, 0.1) is 11.8 Å². The van der Waals surface area contributed by atoms with Crippen LogP contribution >= 0.6 is 27.3 Å². The normalized spacial score (nSPS) is 13.0. The summed E-state index contributed by atoms with van der Waals surface area (Å²) >= 11 is 4.93. The molecule has 1 N–H and O–H groups in total. The number of thiophene rings is 1. The van der Waals surface area contributed by atoms with Crippen LogP contribution in [0.15, 0.2) is 22.1 Å². The highest BCUT2D eigenvalue weighted by Gasteiger charge is 2.14. The van der Waals surface area contributed by atoms with Crippen LogP contribution < -0.4 is 0 Å². The van der Waals surface area contributed by atoms with Crippen molar-refractivity contribution in [1.82, 2.24) is 15.0 Å². The van der Waals surface area contributed by atoms with Crippen LogP contribution in [0.4, 0.5) is 0 Å². The number of aryl methyl sites for hydroxylation is 1. The summed E-state index contributed by atoms with van der Waals surface area (Å²) in [5.41, 5.74) is 0.797. The molecule has 2 aromatic heterocycles. The van der Waals surface area contributed by atoms with E-state index < -0.39 is 6.10 Å². The summed E-state index contributed by atoms with van der Waals surface area (Å²) in [7, 11) is 1.81. The molecule has 2 aromatic rings. The third-order valence-electron chi connectivity index (χ3n) is 2.00. The number of hydrogen-bond acceptors (Lipinski definition) is 4. The van der Waals surface area contributed by atoms with Crippen molar-refractivity contribution < 1.29 is 5.11 Å². The molecule has 0 aliphatic rings. The number of rotatable bonds is 3. The molecule has 80 valence electrons.